The third kappa shape index (κ3) is 3.15. The maximum Gasteiger partial charge on any atom is 0.416 e. The van der Waals surface area contributed by atoms with Crippen molar-refractivity contribution in [1.29, 1.82) is 0 Å². The number of halogens is 3. The van der Waals surface area contributed by atoms with Crippen molar-refractivity contribution in [2.75, 3.05) is 0 Å². The molecule has 0 heterocycles. The van der Waals surface area contributed by atoms with Crippen LogP contribution in [0.15, 0.2) is 36.4 Å². The molecule has 0 radical (unpaired) electrons. The van der Waals surface area contributed by atoms with E-state index in [1.54, 1.807) is 12.1 Å². The summed E-state index contributed by atoms with van der Waals surface area (Å²) in [6, 6.07) is 9.42. The molecule has 104 valence electrons. The van der Waals surface area contributed by atoms with Crippen molar-refractivity contribution in [2.45, 2.75) is 20.0 Å². The van der Waals surface area contributed by atoms with E-state index >= 15 is 0 Å². The summed E-state index contributed by atoms with van der Waals surface area (Å²) in [5, 5.41) is 0. The minimum absolute atomic E-state index is 0.185. The fourth-order valence-corrected chi connectivity index (χ4v) is 1.88. The van der Waals surface area contributed by atoms with Crippen molar-refractivity contribution in [3.05, 3.63) is 53.1 Å². The lowest BCUT2D eigenvalue weighted by atomic mass is 9.91. The molecule has 0 aliphatic heterocycles. The van der Waals surface area contributed by atoms with Gasteiger partial charge in [0.2, 0.25) is 0 Å². The summed E-state index contributed by atoms with van der Waals surface area (Å²) in [5.41, 5.74) is 1.66. The van der Waals surface area contributed by atoms with Crippen molar-refractivity contribution in [1.82, 2.24) is 0 Å². The van der Waals surface area contributed by atoms with Crippen molar-refractivity contribution in [3.8, 4) is 11.5 Å². The summed E-state index contributed by atoms with van der Waals surface area (Å²) in [5.74, 6) is 0.719. The van der Waals surface area contributed by atoms with Gasteiger partial charge in [0.05, 0.1) is 5.56 Å². The van der Waals surface area contributed by atoms with Crippen LogP contribution in [0.4, 0.5) is 13.2 Å². The Bertz CT molecular complexity index is 636. The number of aryl methyl sites for hydroxylation is 2. The molecule has 5 heteroatoms. The predicted octanol–water partition coefficient (Wildman–Crippen LogP) is 3.37. The summed E-state index contributed by atoms with van der Waals surface area (Å²) in [6.45, 7) is 3.40. The van der Waals surface area contributed by atoms with Crippen molar-refractivity contribution in [3.63, 3.8) is 0 Å². The van der Waals surface area contributed by atoms with Crippen LogP contribution >= 0.6 is 0 Å². The Balaban J connectivity index is 2.32. The molecule has 0 saturated heterocycles. The zero-order valence-corrected chi connectivity index (χ0v) is 11.5. The average molecular weight is 278 g/mol. The lowest BCUT2D eigenvalue weighted by Gasteiger charge is -2.13. The van der Waals surface area contributed by atoms with E-state index in [1.165, 1.54) is 13.0 Å². The summed E-state index contributed by atoms with van der Waals surface area (Å²) in [4.78, 5) is 0. The fourth-order valence-electron chi connectivity index (χ4n) is 1.88. The van der Waals surface area contributed by atoms with Crippen LogP contribution in [0.5, 0.6) is 11.5 Å². The van der Waals surface area contributed by atoms with Crippen LogP contribution in [0.1, 0.15) is 16.7 Å². The smallest absolute Gasteiger partial charge is 0.416 e. The number of hydrogen-bond donors (Lipinski definition) is 0. The Kier molecular flexibility index (Phi) is 3.79. The van der Waals surface area contributed by atoms with E-state index in [2.05, 4.69) is 0 Å². The number of benzene rings is 2. The van der Waals surface area contributed by atoms with Gasteiger partial charge < -0.3 is 4.74 Å². The number of alkyl halides is 3. The SMILES string of the molecule is Bc1cc(Oc2ccc(C)c(C(F)(F)F)c2)ccc1C. The molecule has 0 fully saturated rings. The van der Waals surface area contributed by atoms with Gasteiger partial charge in [-0.25, -0.2) is 0 Å². The maximum absolute atomic E-state index is 12.8. The second-order valence-electron chi connectivity index (χ2n) is 4.82. The van der Waals surface area contributed by atoms with E-state index < -0.39 is 11.7 Å². The molecule has 20 heavy (non-hydrogen) atoms. The average Bonchev–Trinajstić information content (AvgIpc) is 2.35. The monoisotopic (exact) mass is 278 g/mol. The molecule has 0 amide bonds. The molecule has 0 aliphatic rings. The van der Waals surface area contributed by atoms with E-state index in [1.807, 2.05) is 26.9 Å². The van der Waals surface area contributed by atoms with Crippen LogP contribution in [-0.4, -0.2) is 7.85 Å². The normalized spacial score (nSPS) is 11.4. The molecule has 0 spiro atoms. The number of ether oxygens (including phenoxy) is 1. The molecular formula is C15H14BF3O. The highest BCUT2D eigenvalue weighted by Gasteiger charge is 2.32. The lowest BCUT2D eigenvalue weighted by Crippen LogP contribution is -2.08. The Morgan fingerprint density at radius 3 is 2.00 bits per heavy atom. The van der Waals surface area contributed by atoms with Gasteiger partial charge in [-0.05, 0) is 43.7 Å². The minimum atomic E-state index is -4.37. The molecule has 2 aromatic carbocycles. The van der Waals surface area contributed by atoms with Gasteiger partial charge in [0.25, 0.3) is 0 Å². The highest BCUT2D eigenvalue weighted by Crippen LogP contribution is 2.35. The zero-order valence-electron chi connectivity index (χ0n) is 11.5. The van der Waals surface area contributed by atoms with Crippen LogP contribution in [0, 0.1) is 13.8 Å². The topological polar surface area (TPSA) is 9.23 Å². The van der Waals surface area contributed by atoms with Gasteiger partial charge in [-0.15, -0.1) is 0 Å². The molecule has 0 aromatic heterocycles. The Morgan fingerprint density at radius 2 is 1.45 bits per heavy atom. The fraction of sp³-hybridized carbons (Fsp3) is 0.200. The van der Waals surface area contributed by atoms with Crippen LogP contribution in [0.25, 0.3) is 0 Å². The van der Waals surface area contributed by atoms with E-state index in [9.17, 15) is 13.2 Å². The van der Waals surface area contributed by atoms with Crippen molar-refractivity contribution < 1.29 is 17.9 Å². The minimum Gasteiger partial charge on any atom is -0.457 e. The third-order valence-electron chi connectivity index (χ3n) is 3.23. The molecule has 0 aliphatic carbocycles. The first kappa shape index (κ1) is 14.5. The van der Waals surface area contributed by atoms with E-state index in [-0.39, 0.29) is 11.3 Å². The van der Waals surface area contributed by atoms with Gasteiger partial charge in [0.15, 0.2) is 0 Å². The molecular weight excluding hydrogens is 264 g/mol. The Morgan fingerprint density at radius 1 is 0.900 bits per heavy atom. The van der Waals surface area contributed by atoms with Crippen LogP contribution in [0.2, 0.25) is 0 Å². The molecule has 0 bridgehead atoms. The molecule has 1 nitrogen and oxygen atoms in total. The highest BCUT2D eigenvalue weighted by atomic mass is 19.4. The van der Waals surface area contributed by atoms with Crippen LogP contribution in [-0.2, 0) is 6.18 Å². The second-order valence-corrected chi connectivity index (χ2v) is 4.82. The molecule has 2 rings (SSSR count). The van der Waals surface area contributed by atoms with Gasteiger partial charge in [-0.2, -0.15) is 13.2 Å². The largest absolute Gasteiger partial charge is 0.457 e. The first-order valence-electron chi connectivity index (χ1n) is 6.20. The van der Waals surface area contributed by atoms with Crippen LogP contribution in [0.3, 0.4) is 0 Å². The van der Waals surface area contributed by atoms with Gasteiger partial charge in [0.1, 0.15) is 19.3 Å². The lowest BCUT2D eigenvalue weighted by molar-refractivity contribution is -0.138. The number of hydrogen-bond acceptors (Lipinski definition) is 1. The van der Waals surface area contributed by atoms with E-state index in [0.29, 0.717) is 5.75 Å². The highest BCUT2D eigenvalue weighted by molar-refractivity contribution is 6.33. The first-order valence-corrected chi connectivity index (χ1v) is 6.20. The predicted molar refractivity (Wildman–Crippen MR) is 75.6 cm³/mol. The summed E-state index contributed by atoms with van der Waals surface area (Å²) >= 11 is 0. The molecule has 0 N–H and O–H groups in total. The summed E-state index contributed by atoms with van der Waals surface area (Å²) in [6.07, 6.45) is -4.37. The van der Waals surface area contributed by atoms with Gasteiger partial charge >= 0.3 is 6.18 Å². The van der Waals surface area contributed by atoms with Crippen molar-refractivity contribution in [2.24, 2.45) is 0 Å². The van der Waals surface area contributed by atoms with E-state index in [0.717, 1.165) is 17.1 Å². The third-order valence-corrected chi connectivity index (χ3v) is 3.23. The Labute approximate surface area is 116 Å². The Hall–Kier alpha value is -1.91. The zero-order chi connectivity index (χ0) is 14.9. The van der Waals surface area contributed by atoms with Gasteiger partial charge in [0, 0.05) is 0 Å². The van der Waals surface area contributed by atoms with Crippen LogP contribution < -0.4 is 10.2 Å². The van der Waals surface area contributed by atoms with E-state index in [4.69, 9.17) is 4.74 Å². The molecule has 0 saturated carbocycles. The summed E-state index contributed by atoms with van der Waals surface area (Å²) in [7, 11) is 1.93. The molecule has 0 unspecified atom stereocenters. The van der Waals surface area contributed by atoms with Crippen molar-refractivity contribution >= 4 is 13.3 Å². The molecule has 0 atom stereocenters. The van der Waals surface area contributed by atoms with Gasteiger partial charge in [-0.1, -0.05) is 23.2 Å². The second kappa shape index (κ2) is 5.23. The first-order chi connectivity index (χ1) is 9.27. The number of rotatable bonds is 2. The maximum atomic E-state index is 12.8. The van der Waals surface area contributed by atoms with Gasteiger partial charge in [-0.3, -0.25) is 0 Å². The quantitative estimate of drug-likeness (QED) is 0.765. The molecule has 2 aromatic rings. The standard InChI is InChI=1S/C15H14BF3O/c1-9-3-5-11(7-13(9)15(17,18)19)20-12-6-4-10(2)14(16)8-12/h3-8H,16H2,1-2H3. The summed E-state index contributed by atoms with van der Waals surface area (Å²) < 4.78 is 44.0.